The van der Waals surface area contributed by atoms with Crippen molar-refractivity contribution < 1.29 is 10.0 Å². The van der Waals surface area contributed by atoms with Gasteiger partial charge >= 0.3 is 6.03 Å². The van der Waals surface area contributed by atoms with Crippen molar-refractivity contribution in [3.05, 3.63) is 64.0 Å². The molecule has 1 unspecified atom stereocenters. The average Bonchev–Trinajstić information content (AvgIpc) is 3.06. The van der Waals surface area contributed by atoms with Gasteiger partial charge in [0.1, 0.15) is 6.04 Å². The van der Waals surface area contributed by atoms with Crippen LogP contribution in [0.3, 0.4) is 0 Å². The van der Waals surface area contributed by atoms with Crippen LogP contribution in [0.4, 0.5) is 4.79 Å². The molecule has 6 heteroatoms. The number of carbonyl (C=O) groups excluding carboxylic acids is 1. The first-order valence-corrected chi connectivity index (χ1v) is 8.57. The van der Waals surface area contributed by atoms with E-state index in [-0.39, 0.29) is 0 Å². The van der Waals surface area contributed by atoms with Gasteiger partial charge in [0.15, 0.2) is 0 Å². The number of hydroxylamine groups is 2. The Kier molecular flexibility index (Phi) is 4.98. The number of carbonyl (C=O) groups is 1. The number of thiophene rings is 1. The second kappa shape index (κ2) is 7.34. The van der Waals surface area contributed by atoms with E-state index in [0.717, 1.165) is 32.8 Å². The molecule has 25 heavy (non-hydrogen) atoms. The molecule has 0 saturated heterocycles. The normalized spacial score (nSPS) is 11.6. The van der Waals surface area contributed by atoms with Crippen LogP contribution in [0.2, 0.25) is 0 Å². The van der Waals surface area contributed by atoms with Gasteiger partial charge in [-0.3, -0.25) is 10.2 Å². The van der Waals surface area contributed by atoms with Crippen molar-refractivity contribution in [1.29, 1.82) is 0 Å². The van der Waals surface area contributed by atoms with Crippen molar-refractivity contribution in [2.24, 2.45) is 5.73 Å². The fourth-order valence-corrected chi connectivity index (χ4v) is 3.24. The fourth-order valence-electron chi connectivity index (χ4n) is 2.35. The number of hydrogen-bond acceptors (Lipinski definition) is 4. The Morgan fingerprint density at radius 2 is 2.08 bits per heavy atom. The van der Waals surface area contributed by atoms with Crippen molar-refractivity contribution in [3.8, 4) is 11.8 Å². The number of aromatic nitrogens is 1. The number of fused-ring (bicyclic) bond motifs is 1. The summed E-state index contributed by atoms with van der Waals surface area (Å²) in [6.07, 6.45) is 0.736. The SMILES string of the molecule is CC(C#Cc1ccc(Cc2ccc3ccccc3n2)s1)N(O)C(N)=O. The number of rotatable bonds is 3. The van der Waals surface area contributed by atoms with E-state index >= 15 is 0 Å². The molecule has 0 aliphatic heterocycles. The summed E-state index contributed by atoms with van der Waals surface area (Å²) >= 11 is 1.57. The molecule has 2 heterocycles. The second-order valence-electron chi connectivity index (χ2n) is 5.57. The first kappa shape index (κ1) is 17.0. The summed E-state index contributed by atoms with van der Waals surface area (Å²) in [5.74, 6) is 5.76. The second-order valence-corrected chi connectivity index (χ2v) is 6.73. The first-order chi connectivity index (χ1) is 12.0. The third kappa shape index (κ3) is 4.15. The number of para-hydroxylation sites is 1. The van der Waals surface area contributed by atoms with E-state index < -0.39 is 12.1 Å². The van der Waals surface area contributed by atoms with E-state index in [9.17, 15) is 10.0 Å². The fraction of sp³-hybridized carbons (Fsp3) is 0.158. The van der Waals surface area contributed by atoms with Crippen LogP contribution in [0.15, 0.2) is 48.5 Å². The van der Waals surface area contributed by atoms with Crippen LogP contribution in [-0.2, 0) is 6.42 Å². The highest BCUT2D eigenvalue weighted by Gasteiger charge is 2.11. The zero-order valence-electron chi connectivity index (χ0n) is 13.6. The monoisotopic (exact) mass is 351 g/mol. The van der Waals surface area contributed by atoms with Crippen molar-refractivity contribution in [3.63, 3.8) is 0 Å². The summed E-state index contributed by atoms with van der Waals surface area (Å²) in [6.45, 7) is 1.60. The highest BCUT2D eigenvalue weighted by molar-refractivity contribution is 7.12. The number of hydrogen-bond donors (Lipinski definition) is 2. The topological polar surface area (TPSA) is 79.4 Å². The lowest BCUT2D eigenvalue weighted by Crippen LogP contribution is -2.38. The summed E-state index contributed by atoms with van der Waals surface area (Å²) < 4.78 is 0. The summed E-state index contributed by atoms with van der Waals surface area (Å²) in [7, 11) is 0. The summed E-state index contributed by atoms with van der Waals surface area (Å²) in [4.78, 5) is 17.6. The predicted molar refractivity (Wildman–Crippen MR) is 98.4 cm³/mol. The van der Waals surface area contributed by atoms with Gasteiger partial charge in [0.2, 0.25) is 0 Å². The number of benzene rings is 1. The molecule has 1 atom stereocenters. The van der Waals surface area contributed by atoms with Gasteiger partial charge in [0.05, 0.1) is 10.4 Å². The zero-order valence-corrected chi connectivity index (χ0v) is 14.5. The quantitative estimate of drug-likeness (QED) is 0.431. The van der Waals surface area contributed by atoms with Crippen molar-refractivity contribution in [2.45, 2.75) is 19.4 Å². The van der Waals surface area contributed by atoms with E-state index in [4.69, 9.17) is 5.73 Å². The minimum absolute atomic E-state index is 0.417. The number of primary amides is 1. The molecule has 0 aliphatic rings. The minimum atomic E-state index is -0.920. The molecule has 1 aromatic carbocycles. The van der Waals surface area contributed by atoms with Crippen LogP contribution < -0.4 is 5.73 Å². The van der Waals surface area contributed by atoms with Gasteiger partial charge in [-0.25, -0.2) is 4.79 Å². The summed E-state index contributed by atoms with van der Waals surface area (Å²) in [6, 6.07) is 14.5. The molecule has 5 nitrogen and oxygen atoms in total. The van der Waals surface area contributed by atoms with E-state index in [1.165, 1.54) is 0 Å². The maximum absolute atomic E-state index is 10.9. The molecule has 2 aromatic heterocycles. The molecule has 126 valence electrons. The van der Waals surface area contributed by atoms with Gasteiger partial charge < -0.3 is 5.73 Å². The van der Waals surface area contributed by atoms with E-state index in [0.29, 0.717) is 5.06 Å². The molecule has 0 fully saturated rings. The van der Waals surface area contributed by atoms with Crippen molar-refractivity contribution in [2.75, 3.05) is 0 Å². The van der Waals surface area contributed by atoms with Gasteiger partial charge in [-0.2, -0.15) is 5.06 Å². The number of amides is 2. The van der Waals surface area contributed by atoms with Crippen LogP contribution in [0, 0.1) is 11.8 Å². The maximum atomic E-state index is 10.9. The van der Waals surface area contributed by atoms with Gasteiger partial charge in [-0.15, -0.1) is 11.3 Å². The van der Waals surface area contributed by atoms with Gasteiger partial charge in [-0.1, -0.05) is 36.1 Å². The molecule has 3 rings (SSSR count). The molecule has 0 radical (unpaired) electrons. The van der Waals surface area contributed by atoms with Crippen LogP contribution in [-0.4, -0.2) is 27.3 Å². The van der Waals surface area contributed by atoms with Crippen LogP contribution in [0.1, 0.15) is 22.4 Å². The average molecular weight is 351 g/mol. The Labute approximate surface area is 149 Å². The smallest absolute Gasteiger partial charge is 0.339 e. The van der Waals surface area contributed by atoms with Gasteiger partial charge in [-0.05, 0) is 31.2 Å². The lowest BCUT2D eigenvalue weighted by Gasteiger charge is -2.14. The zero-order chi connectivity index (χ0) is 17.8. The lowest BCUT2D eigenvalue weighted by molar-refractivity contribution is -0.0536. The van der Waals surface area contributed by atoms with Crippen LogP contribution in [0.25, 0.3) is 10.9 Å². The first-order valence-electron chi connectivity index (χ1n) is 7.75. The van der Waals surface area contributed by atoms with Crippen LogP contribution >= 0.6 is 11.3 Å². The number of pyridine rings is 1. The molecule has 2 amide bonds. The Balaban J connectivity index is 1.72. The third-order valence-corrected chi connectivity index (χ3v) is 4.67. The maximum Gasteiger partial charge on any atom is 0.339 e. The van der Waals surface area contributed by atoms with Crippen LogP contribution in [0.5, 0.6) is 0 Å². The Morgan fingerprint density at radius 3 is 2.88 bits per heavy atom. The Morgan fingerprint density at radius 1 is 1.28 bits per heavy atom. The number of nitrogens with two attached hydrogens (primary N) is 1. The van der Waals surface area contributed by atoms with Crippen molar-refractivity contribution in [1.82, 2.24) is 10.0 Å². The third-order valence-electron chi connectivity index (χ3n) is 3.67. The number of nitrogens with zero attached hydrogens (tertiary/aromatic N) is 2. The molecule has 0 bridgehead atoms. The highest BCUT2D eigenvalue weighted by Crippen LogP contribution is 2.20. The Hall–Kier alpha value is -2.88. The largest absolute Gasteiger partial charge is 0.350 e. The van der Waals surface area contributed by atoms with E-state index in [2.05, 4.69) is 22.9 Å². The lowest BCUT2D eigenvalue weighted by atomic mass is 10.1. The molecule has 0 aliphatic carbocycles. The number of urea groups is 1. The Bertz CT molecular complexity index is 971. The van der Waals surface area contributed by atoms with E-state index in [1.54, 1.807) is 18.3 Å². The van der Waals surface area contributed by atoms with Crippen molar-refractivity contribution >= 4 is 28.3 Å². The van der Waals surface area contributed by atoms with E-state index in [1.807, 2.05) is 42.5 Å². The van der Waals surface area contributed by atoms with Gasteiger partial charge in [0.25, 0.3) is 0 Å². The van der Waals surface area contributed by atoms with Gasteiger partial charge in [0, 0.05) is 22.4 Å². The molecular weight excluding hydrogens is 334 g/mol. The molecule has 0 saturated carbocycles. The summed E-state index contributed by atoms with van der Waals surface area (Å²) in [5, 5.41) is 11.0. The summed E-state index contributed by atoms with van der Waals surface area (Å²) in [5.41, 5.74) is 6.99. The highest BCUT2D eigenvalue weighted by atomic mass is 32.1. The minimum Gasteiger partial charge on any atom is -0.350 e. The predicted octanol–water partition coefficient (Wildman–Crippen LogP) is 3.40. The standard InChI is InChI=1S/C19H17N3O2S/c1-13(22(24)19(20)23)6-9-16-10-11-17(25-16)12-15-8-7-14-4-2-3-5-18(14)21-15/h2-5,7-8,10-11,13,24H,12H2,1H3,(H2,20,23). The molecular formula is C19H17N3O2S. The molecule has 0 spiro atoms. The molecule has 3 aromatic rings. The molecule has 3 N–H and O–H groups in total.